The van der Waals surface area contributed by atoms with E-state index in [0.717, 1.165) is 0 Å². The Morgan fingerprint density at radius 1 is 1.56 bits per heavy atom. The average molecular weight is 130 g/mol. The van der Waals surface area contributed by atoms with Crippen LogP contribution >= 0.6 is 0 Å². The van der Waals surface area contributed by atoms with Crippen LogP contribution in [0.2, 0.25) is 0 Å². The van der Waals surface area contributed by atoms with Crippen molar-refractivity contribution >= 4 is 7.12 Å². The van der Waals surface area contributed by atoms with Crippen LogP contribution in [0.5, 0.6) is 0 Å². The molecule has 0 radical (unpaired) electrons. The molecule has 0 aliphatic heterocycles. The van der Waals surface area contributed by atoms with Crippen molar-refractivity contribution in [1.29, 1.82) is 0 Å². The van der Waals surface area contributed by atoms with Crippen molar-refractivity contribution in [2.24, 2.45) is 0 Å². The number of hydrogen-bond donors (Lipinski definition) is 2. The van der Waals surface area contributed by atoms with Crippen LogP contribution < -0.4 is 0 Å². The van der Waals surface area contributed by atoms with Crippen molar-refractivity contribution in [3.8, 4) is 0 Å². The lowest BCUT2D eigenvalue weighted by molar-refractivity contribution is 0.204. The molecule has 0 heterocycles. The smallest absolute Gasteiger partial charge is 0.424 e. The molecule has 0 spiro atoms. The summed E-state index contributed by atoms with van der Waals surface area (Å²) < 4.78 is 4.71. The lowest BCUT2D eigenvalue weighted by Gasteiger charge is -1.89. The Kier molecular flexibility index (Phi) is 5.61. The topological polar surface area (TPSA) is 49.7 Å². The molecule has 0 aromatic heterocycles. The fraction of sp³-hybridized carbons (Fsp3) is 0.600. The second kappa shape index (κ2) is 5.82. The summed E-state index contributed by atoms with van der Waals surface area (Å²) in [5, 5.41) is 16.6. The molecule has 2 N–H and O–H groups in total. The maximum absolute atomic E-state index is 8.28. The first-order chi connectivity index (χ1) is 4.27. The van der Waals surface area contributed by atoms with Gasteiger partial charge >= 0.3 is 7.12 Å². The fourth-order valence-electron chi connectivity index (χ4n) is 0.404. The predicted octanol–water partition coefficient (Wildman–Crippen LogP) is -0.409. The first-order valence-corrected chi connectivity index (χ1v) is 2.79. The Hall–Kier alpha value is -0.315. The molecule has 0 atom stereocenters. The molecule has 0 aliphatic rings. The van der Waals surface area contributed by atoms with Crippen LogP contribution in [0.4, 0.5) is 0 Å². The summed E-state index contributed by atoms with van der Waals surface area (Å²) in [6.45, 7) is 0.614. The van der Waals surface area contributed by atoms with Gasteiger partial charge in [0.1, 0.15) is 0 Å². The fourth-order valence-corrected chi connectivity index (χ4v) is 0.404. The zero-order valence-corrected chi connectivity index (χ0v) is 5.45. The molecule has 0 bridgehead atoms. The van der Waals surface area contributed by atoms with Gasteiger partial charge in [-0.3, -0.25) is 0 Å². The summed E-state index contributed by atoms with van der Waals surface area (Å²) in [4.78, 5) is 0. The van der Waals surface area contributed by atoms with Crippen LogP contribution in [0.1, 0.15) is 6.42 Å². The van der Waals surface area contributed by atoms with Crippen molar-refractivity contribution in [2.75, 3.05) is 13.7 Å². The van der Waals surface area contributed by atoms with Crippen LogP contribution in [0, 0.1) is 0 Å². The second-order valence-electron chi connectivity index (χ2n) is 1.62. The molecule has 3 nitrogen and oxygen atoms in total. The molecular weight excluding hydrogens is 119 g/mol. The summed E-state index contributed by atoms with van der Waals surface area (Å²) in [5.41, 5.74) is 0. The largest absolute Gasteiger partial charge is 0.480 e. The van der Waals surface area contributed by atoms with E-state index in [9.17, 15) is 0 Å². The lowest BCUT2D eigenvalue weighted by Crippen LogP contribution is -2.05. The molecule has 0 fully saturated rings. The zero-order valence-electron chi connectivity index (χ0n) is 5.45. The van der Waals surface area contributed by atoms with Crippen molar-refractivity contribution in [2.45, 2.75) is 6.42 Å². The molecule has 0 amide bonds. The van der Waals surface area contributed by atoms with Crippen molar-refractivity contribution < 1.29 is 14.8 Å². The van der Waals surface area contributed by atoms with Gasteiger partial charge in [0.2, 0.25) is 0 Å². The molecule has 0 saturated heterocycles. The summed E-state index contributed by atoms with van der Waals surface area (Å²) >= 11 is 0. The third-order valence-electron chi connectivity index (χ3n) is 0.797. The lowest BCUT2D eigenvalue weighted by atomic mass is 9.91. The van der Waals surface area contributed by atoms with E-state index in [1.807, 2.05) is 0 Å². The number of ether oxygens (including phenoxy) is 1. The highest BCUT2D eigenvalue weighted by Crippen LogP contribution is 1.83. The molecule has 0 unspecified atom stereocenters. The first kappa shape index (κ1) is 8.68. The summed E-state index contributed by atoms with van der Waals surface area (Å²) in [7, 11) is 0.269. The molecule has 0 rings (SSSR count). The highest BCUT2D eigenvalue weighted by molar-refractivity contribution is 6.47. The van der Waals surface area contributed by atoms with Gasteiger partial charge in [-0.1, -0.05) is 12.1 Å². The average Bonchev–Trinajstić information content (AvgIpc) is 1.80. The van der Waals surface area contributed by atoms with E-state index in [1.54, 1.807) is 13.2 Å². The maximum atomic E-state index is 8.28. The van der Waals surface area contributed by atoms with Crippen molar-refractivity contribution in [3.05, 3.63) is 12.1 Å². The Bertz CT molecular complexity index is 82.3. The minimum absolute atomic E-state index is 0.614. The molecule has 0 aromatic carbocycles. The number of rotatable bonds is 4. The molecule has 4 heteroatoms. The first-order valence-electron chi connectivity index (χ1n) is 2.79. The van der Waals surface area contributed by atoms with Crippen LogP contribution in [-0.2, 0) is 4.74 Å². The highest BCUT2D eigenvalue weighted by Gasteiger charge is 1.95. The van der Waals surface area contributed by atoms with Crippen molar-refractivity contribution in [1.82, 2.24) is 0 Å². The Labute approximate surface area is 55.1 Å². The molecule has 52 valence electrons. The van der Waals surface area contributed by atoms with Gasteiger partial charge in [0, 0.05) is 13.7 Å². The molecule has 0 saturated carbocycles. The Morgan fingerprint density at radius 3 is 2.67 bits per heavy atom. The Balaban J connectivity index is 3.04. The van der Waals surface area contributed by atoms with Gasteiger partial charge in [-0.05, 0) is 6.42 Å². The van der Waals surface area contributed by atoms with E-state index in [1.165, 1.54) is 5.98 Å². The quantitative estimate of drug-likeness (QED) is 0.401. The minimum atomic E-state index is -1.33. The minimum Gasteiger partial charge on any atom is -0.424 e. The van der Waals surface area contributed by atoms with Crippen molar-refractivity contribution in [3.63, 3.8) is 0 Å². The maximum Gasteiger partial charge on any atom is 0.480 e. The monoisotopic (exact) mass is 130 g/mol. The van der Waals surface area contributed by atoms with Gasteiger partial charge in [0.05, 0.1) is 0 Å². The van der Waals surface area contributed by atoms with E-state index < -0.39 is 7.12 Å². The van der Waals surface area contributed by atoms with Gasteiger partial charge in [-0.15, -0.1) is 0 Å². The highest BCUT2D eigenvalue weighted by atomic mass is 16.5. The van der Waals surface area contributed by atoms with E-state index in [0.29, 0.717) is 13.0 Å². The Morgan fingerprint density at radius 2 is 2.22 bits per heavy atom. The van der Waals surface area contributed by atoms with Gasteiger partial charge in [0.15, 0.2) is 0 Å². The third-order valence-corrected chi connectivity index (χ3v) is 0.797. The predicted molar refractivity (Wildman–Crippen MR) is 35.8 cm³/mol. The van der Waals surface area contributed by atoms with Gasteiger partial charge in [-0.2, -0.15) is 0 Å². The normalized spacial score (nSPS) is 10.6. The van der Waals surface area contributed by atoms with Gasteiger partial charge < -0.3 is 14.8 Å². The summed E-state index contributed by atoms with van der Waals surface area (Å²) in [6, 6.07) is 0. The zero-order chi connectivity index (χ0) is 7.11. The van der Waals surface area contributed by atoms with E-state index >= 15 is 0 Å². The number of methoxy groups -OCH3 is 1. The van der Waals surface area contributed by atoms with Gasteiger partial charge in [0.25, 0.3) is 0 Å². The molecular formula is C5H11BO3. The standard InChI is InChI=1S/C5H11BO3/c1-9-5-3-2-4-6(7)8/h2,4,7-8H,3,5H2,1H3. The van der Waals surface area contributed by atoms with E-state index in [2.05, 4.69) is 0 Å². The van der Waals surface area contributed by atoms with E-state index in [4.69, 9.17) is 14.8 Å². The summed E-state index contributed by atoms with van der Waals surface area (Å²) in [6.07, 6.45) is 2.38. The number of hydrogen-bond acceptors (Lipinski definition) is 3. The van der Waals surface area contributed by atoms with Crippen LogP contribution in [-0.4, -0.2) is 30.9 Å². The third kappa shape index (κ3) is 7.68. The second-order valence-corrected chi connectivity index (χ2v) is 1.62. The van der Waals surface area contributed by atoms with E-state index in [-0.39, 0.29) is 0 Å². The SMILES string of the molecule is COCCC=CB(O)O. The summed E-state index contributed by atoms with van der Waals surface area (Å²) in [5.74, 6) is 1.30. The molecule has 0 aromatic rings. The van der Waals surface area contributed by atoms with Gasteiger partial charge in [-0.25, -0.2) is 0 Å². The molecule has 9 heavy (non-hydrogen) atoms. The van der Waals surface area contributed by atoms with Crippen LogP contribution in [0.25, 0.3) is 0 Å². The molecule has 0 aliphatic carbocycles. The van der Waals surface area contributed by atoms with Crippen LogP contribution in [0.3, 0.4) is 0 Å². The van der Waals surface area contributed by atoms with Crippen LogP contribution in [0.15, 0.2) is 12.1 Å².